The molecule has 3 N–H and O–H groups in total. The number of aryl methyl sites for hydroxylation is 2. The highest BCUT2D eigenvalue weighted by molar-refractivity contribution is 5.93. The highest BCUT2D eigenvalue weighted by Crippen LogP contribution is 2.09. The van der Waals surface area contributed by atoms with Crippen molar-refractivity contribution in [2.75, 3.05) is 5.32 Å². The molecule has 4 heteroatoms. The van der Waals surface area contributed by atoms with Gasteiger partial charge in [0.25, 0.3) is 0 Å². The lowest BCUT2D eigenvalue weighted by Gasteiger charge is -2.11. The third-order valence-corrected chi connectivity index (χ3v) is 2.29. The molecule has 0 saturated carbocycles. The normalized spacial score (nSPS) is 12.2. The molecule has 0 aliphatic carbocycles. The van der Waals surface area contributed by atoms with E-state index in [0.29, 0.717) is 12.2 Å². The van der Waals surface area contributed by atoms with Crippen molar-refractivity contribution < 1.29 is 4.79 Å². The molecule has 0 radical (unpaired) electrons. The standard InChI is InChI=1S/C12H19N3O/c1-4-5-10(13)12(16)15-11-7-8(2)6-9(3)14-11/h6-7,10H,4-5,13H2,1-3H3,(H,14,15,16)/t10-/m1/s1. The van der Waals surface area contributed by atoms with Gasteiger partial charge in [0.2, 0.25) is 5.91 Å². The maximum Gasteiger partial charge on any atom is 0.242 e. The summed E-state index contributed by atoms with van der Waals surface area (Å²) < 4.78 is 0. The van der Waals surface area contributed by atoms with E-state index in [-0.39, 0.29) is 5.91 Å². The van der Waals surface area contributed by atoms with Gasteiger partial charge in [0, 0.05) is 5.69 Å². The van der Waals surface area contributed by atoms with Gasteiger partial charge in [-0.1, -0.05) is 13.3 Å². The van der Waals surface area contributed by atoms with E-state index < -0.39 is 6.04 Å². The van der Waals surface area contributed by atoms with Gasteiger partial charge in [-0.2, -0.15) is 0 Å². The zero-order valence-corrected chi connectivity index (χ0v) is 10.1. The molecule has 4 nitrogen and oxygen atoms in total. The molecule has 0 aliphatic rings. The molecular weight excluding hydrogens is 202 g/mol. The van der Waals surface area contributed by atoms with Crippen LogP contribution >= 0.6 is 0 Å². The van der Waals surface area contributed by atoms with E-state index in [1.54, 1.807) is 0 Å². The molecule has 1 aromatic rings. The van der Waals surface area contributed by atoms with Crippen molar-refractivity contribution >= 4 is 11.7 Å². The molecule has 0 fully saturated rings. The van der Waals surface area contributed by atoms with Crippen LogP contribution in [0.4, 0.5) is 5.82 Å². The lowest BCUT2D eigenvalue weighted by Crippen LogP contribution is -2.35. The predicted molar refractivity (Wildman–Crippen MR) is 65.2 cm³/mol. The number of nitrogens with zero attached hydrogens (tertiary/aromatic N) is 1. The fourth-order valence-corrected chi connectivity index (χ4v) is 1.57. The van der Waals surface area contributed by atoms with Crippen molar-refractivity contribution in [3.63, 3.8) is 0 Å². The van der Waals surface area contributed by atoms with Crippen LogP contribution < -0.4 is 11.1 Å². The average Bonchev–Trinajstić information content (AvgIpc) is 2.16. The second kappa shape index (κ2) is 5.61. The summed E-state index contributed by atoms with van der Waals surface area (Å²) >= 11 is 0. The molecule has 0 saturated heterocycles. The third kappa shape index (κ3) is 3.62. The summed E-state index contributed by atoms with van der Waals surface area (Å²) in [6.45, 7) is 5.87. The quantitative estimate of drug-likeness (QED) is 0.814. The summed E-state index contributed by atoms with van der Waals surface area (Å²) in [7, 11) is 0. The van der Waals surface area contributed by atoms with Gasteiger partial charge in [-0.05, 0) is 38.0 Å². The monoisotopic (exact) mass is 221 g/mol. The first kappa shape index (κ1) is 12.6. The molecule has 1 atom stereocenters. The average molecular weight is 221 g/mol. The molecule has 1 rings (SSSR count). The fraction of sp³-hybridized carbons (Fsp3) is 0.500. The molecule has 88 valence electrons. The summed E-state index contributed by atoms with van der Waals surface area (Å²) in [5, 5.41) is 2.73. The van der Waals surface area contributed by atoms with Crippen LogP contribution in [-0.2, 0) is 4.79 Å². The van der Waals surface area contributed by atoms with Crippen molar-refractivity contribution in [1.82, 2.24) is 4.98 Å². The van der Waals surface area contributed by atoms with Gasteiger partial charge in [-0.15, -0.1) is 0 Å². The molecule has 0 aromatic carbocycles. The summed E-state index contributed by atoms with van der Waals surface area (Å²) in [4.78, 5) is 15.9. The Hall–Kier alpha value is -1.42. The van der Waals surface area contributed by atoms with Gasteiger partial charge in [0.15, 0.2) is 0 Å². The van der Waals surface area contributed by atoms with Crippen molar-refractivity contribution in [2.24, 2.45) is 5.73 Å². The molecule has 0 unspecified atom stereocenters. The lowest BCUT2D eigenvalue weighted by atomic mass is 10.1. The number of pyridine rings is 1. The minimum atomic E-state index is -0.451. The molecule has 16 heavy (non-hydrogen) atoms. The van der Waals surface area contributed by atoms with E-state index >= 15 is 0 Å². The van der Waals surface area contributed by atoms with Crippen LogP contribution in [-0.4, -0.2) is 16.9 Å². The van der Waals surface area contributed by atoms with E-state index in [9.17, 15) is 4.79 Å². The molecule has 0 bridgehead atoms. The van der Waals surface area contributed by atoms with Gasteiger partial charge >= 0.3 is 0 Å². The van der Waals surface area contributed by atoms with Crippen molar-refractivity contribution in [3.8, 4) is 0 Å². The summed E-state index contributed by atoms with van der Waals surface area (Å²) in [6.07, 6.45) is 1.59. The number of hydrogen-bond donors (Lipinski definition) is 2. The Morgan fingerprint density at radius 3 is 2.75 bits per heavy atom. The van der Waals surface area contributed by atoms with Gasteiger partial charge in [-0.25, -0.2) is 4.98 Å². The second-order valence-corrected chi connectivity index (χ2v) is 4.06. The van der Waals surface area contributed by atoms with Gasteiger partial charge in [0.05, 0.1) is 6.04 Å². The number of nitrogens with two attached hydrogens (primary N) is 1. The van der Waals surface area contributed by atoms with Crippen LogP contribution in [0.25, 0.3) is 0 Å². The summed E-state index contributed by atoms with van der Waals surface area (Å²) in [5.41, 5.74) is 7.68. The SMILES string of the molecule is CCC[C@@H](N)C(=O)Nc1cc(C)cc(C)n1. The van der Waals surface area contributed by atoms with Crippen molar-refractivity contribution in [3.05, 3.63) is 23.4 Å². The first-order valence-electron chi connectivity index (χ1n) is 5.54. The lowest BCUT2D eigenvalue weighted by molar-refractivity contribution is -0.117. The summed E-state index contributed by atoms with van der Waals surface area (Å²) in [6, 6.07) is 3.35. The highest BCUT2D eigenvalue weighted by Gasteiger charge is 2.12. The number of rotatable bonds is 4. The zero-order valence-electron chi connectivity index (χ0n) is 10.1. The first-order valence-corrected chi connectivity index (χ1v) is 5.54. The molecule has 1 aromatic heterocycles. The van der Waals surface area contributed by atoms with Crippen LogP contribution in [0.2, 0.25) is 0 Å². The third-order valence-electron chi connectivity index (χ3n) is 2.29. The first-order chi connectivity index (χ1) is 7.52. The van der Waals surface area contributed by atoms with E-state index in [0.717, 1.165) is 17.7 Å². The minimum Gasteiger partial charge on any atom is -0.320 e. The van der Waals surface area contributed by atoms with Crippen molar-refractivity contribution in [2.45, 2.75) is 39.7 Å². The number of hydrogen-bond acceptors (Lipinski definition) is 3. The molecule has 1 amide bonds. The van der Waals surface area contributed by atoms with Gasteiger partial charge in [0.1, 0.15) is 5.82 Å². The molecule has 0 aliphatic heterocycles. The van der Waals surface area contributed by atoms with E-state index in [2.05, 4.69) is 10.3 Å². The van der Waals surface area contributed by atoms with Crippen LogP contribution in [0, 0.1) is 13.8 Å². The largest absolute Gasteiger partial charge is 0.320 e. The topological polar surface area (TPSA) is 68.0 Å². The molecule has 0 spiro atoms. The number of anilines is 1. The summed E-state index contributed by atoms with van der Waals surface area (Å²) in [5.74, 6) is 0.411. The van der Waals surface area contributed by atoms with Crippen LogP contribution in [0.1, 0.15) is 31.0 Å². The number of amides is 1. The van der Waals surface area contributed by atoms with E-state index in [4.69, 9.17) is 5.73 Å². The minimum absolute atomic E-state index is 0.167. The van der Waals surface area contributed by atoms with Crippen LogP contribution in [0.3, 0.4) is 0 Å². The Morgan fingerprint density at radius 2 is 2.19 bits per heavy atom. The maximum atomic E-state index is 11.6. The number of nitrogens with one attached hydrogen (secondary N) is 1. The molecular formula is C12H19N3O. The Labute approximate surface area is 96.3 Å². The second-order valence-electron chi connectivity index (χ2n) is 4.06. The number of carbonyl (C=O) groups excluding carboxylic acids is 1. The van der Waals surface area contributed by atoms with Crippen LogP contribution in [0.5, 0.6) is 0 Å². The number of aromatic nitrogens is 1. The van der Waals surface area contributed by atoms with E-state index in [1.807, 2.05) is 32.9 Å². The Bertz CT molecular complexity index is 356. The molecule has 1 heterocycles. The Balaban J connectivity index is 2.69. The highest BCUT2D eigenvalue weighted by atomic mass is 16.2. The van der Waals surface area contributed by atoms with Crippen molar-refractivity contribution in [1.29, 1.82) is 0 Å². The van der Waals surface area contributed by atoms with E-state index in [1.165, 1.54) is 0 Å². The predicted octanol–water partition coefficient (Wildman–Crippen LogP) is 1.76. The zero-order chi connectivity index (χ0) is 12.1. The van der Waals surface area contributed by atoms with Gasteiger partial charge < -0.3 is 11.1 Å². The fourth-order valence-electron chi connectivity index (χ4n) is 1.57. The van der Waals surface area contributed by atoms with Crippen LogP contribution in [0.15, 0.2) is 12.1 Å². The smallest absolute Gasteiger partial charge is 0.242 e. The number of carbonyl (C=O) groups is 1. The Kier molecular flexibility index (Phi) is 4.43. The maximum absolute atomic E-state index is 11.6. The Morgan fingerprint density at radius 1 is 1.50 bits per heavy atom. The van der Waals surface area contributed by atoms with Gasteiger partial charge in [-0.3, -0.25) is 4.79 Å².